The number of nitrogens with one attached hydrogen (secondary N) is 2. The highest BCUT2D eigenvalue weighted by Crippen LogP contribution is 2.19. The van der Waals surface area contributed by atoms with E-state index in [-0.39, 0.29) is 24.3 Å². The number of aliphatic hydroxyl groups is 1. The van der Waals surface area contributed by atoms with Gasteiger partial charge in [-0.25, -0.2) is 4.79 Å². The molecule has 0 radical (unpaired) electrons. The van der Waals surface area contributed by atoms with Gasteiger partial charge in [0.1, 0.15) is 18.5 Å². The summed E-state index contributed by atoms with van der Waals surface area (Å²) in [7, 11) is 1.54. The number of aryl methyl sites for hydroxylation is 3. The fourth-order valence-corrected chi connectivity index (χ4v) is 3.58. The third kappa shape index (κ3) is 4.83. The fraction of sp³-hybridized carbons (Fsp3) is 0.292. The summed E-state index contributed by atoms with van der Waals surface area (Å²) in [5.74, 6) is 1.04. The molecular weight excluding hydrogens is 422 g/mol. The van der Waals surface area contributed by atoms with E-state index in [2.05, 4.69) is 15.3 Å². The Morgan fingerprint density at radius 3 is 2.61 bits per heavy atom. The van der Waals surface area contributed by atoms with Crippen molar-refractivity contribution in [1.29, 1.82) is 0 Å². The van der Waals surface area contributed by atoms with Gasteiger partial charge in [-0.3, -0.25) is 14.3 Å². The Kier molecular flexibility index (Phi) is 6.32. The number of rotatable bonds is 8. The topological polar surface area (TPSA) is 114 Å². The molecule has 9 nitrogen and oxygen atoms in total. The number of aromatic amines is 1. The van der Waals surface area contributed by atoms with Crippen LogP contribution >= 0.6 is 0 Å². The number of hydrogen-bond acceptors (Lipinski definition) is 6. The van der Waals surface area contributed by atoms with Crippen LogP contribution < -0.4 is 21.3 Å². The molecule has 0 saturated carbocycles. The first-order valence-corrected chi connectivity index (χ1v) is 10.7. The highest BCUT2D eigenvalue weighted by molar-refractivity contribution is 5.74. The number of H-pyrrole nitrogens is 1. The second-order valence-corrected chi connectivity index (χ2v) is 8.09. The monoisotopic (exact) mass is 449 g/mol. The maximum absolute atomic E-state index is 12.6. The summed E-state index contributed by atoms with van der Waals surface area (Å²) in [6.45, 7) is 4.57. The van der Waals surface area contributed by atoms with Crippen molar-refractivity contribution < 1.29 is 9.84 Å². The second-order valence-electron chi connectivity index (χ2n) is 8.09. The molecule has 172 valence electrons. The van der Waals surface area contributed by atoms with Gasteiger partial charge in [0, 0.05) is 13.6 Å². The van der Waals surface area contributed by atoms with Gasteiger partial charge in [0.25, 0.3) is 5.56 Å². The molecule has 0 saturated heterocycles. The molecule has 0 unspecified atom stereocenters. The number of aliphatic hydroxyl groups excluding tert-OH is 1. The zero-order chi connectivity index (χ0) is 23.5. The van der Waals surface area contributed by atoms with Gasteiger partial charge in [-0.1, -0.05) is 36.4 Å². The van der Waals surface area contributed by atoms with Gasteiger partial charge < -0.3 is 19.7 Å². The van der Waals surface area contributed by atoms with E-state index in [1.165, 1.54) is 11.6 Å². The molecule has 2 aromatic heterocycles. The summed E-state index contributed by atoms with van der Waals surface area (Å²) in [4.78, 5) is 31.5. The molecule has 9 heteroatoms. The molecular formula is C24H27N5O4. The molecule has 0 aliphatic carbocycles. The van der Waals surface area contributed by atoms with Gasteiger partial charge in [0.05, 0.1) is 6.54 Å². The molecule has 4 aromatic rings. The molecule has 0 fully saturated rings. The van der Waals surface area contributed by atoms with Gasteiger partial charge in [0.2, 0.25) is 5.95 Å². The number of benzene rings is 2. The largest absolute Gasteiger partial charge is 0.491 e. The van der Waals surface area contributed by atoms with Gasteiger partial charge in [-0.2, -0.15) is 4.98 Å². The lowest BCUT2D eigenvalue weighted by molar-refractivity contribution is 0.0938. The minimum Gasteiger partial charge on any atom is -0.491 e. The van der Waals surface area contributed by atoms with Crippen molar-refractivity contribution in [3.8, 4) is 5.75 Å². The maximum atomic E-state index is 12.6. The number of hydrogen-bond donors (Lipinski definition) is 3. The van der Waals surface area contributed by atoms with Crippen molar-refractivity contribution in [3.63, 3.8) is 0 Å². The summed E-state index contributed by atoms with van der Waals surface area (Å²) in [6.07, 6.45) is -0.919. The Morgan fingerprint density at radius 2 is 1.88 bits per heavy atom. The summed E-state index contributed by atoms with van der Waals surface area (Å²) in [5, 5.41) is 13.9. The van der Waals surface area contributed by atoms with E-state index in [1.54, 1.807) is 4.57 Å². The third-order valence-corrected chi connectivity index (χ3v) is 5.61. The molecule has 0 aliphatic rings. The van der Waals surface area contributed by atoms with Crippen LogP contribution in [0.3, 0.4) is 0 Å². The van der Waals surface area contributed by atoms with Crippen molar-refractivity contribution in [3.05, 3.63) is 86.1 Å². The summed E-state index contributed by atoms with van der Waals surface area (Å²) in [6, 6.07) is 15.5. The predicted molar refractivity (Wildman–Crippen MR) is 127 cm³/mol. The van der Waals surface area contributed by atoms with Crippen LogP contribution in [0.25, 0.3) is 11.2 Å². The lowest BCUT2D eigenvalue weighted by Gasteiger charge is -2.16. The Morgan fingerprint density at radius 1 is 1.12 bits per heavy atom. The molecule has 0 aliphatic heterocycles. The smallest absolute Gasteiger partial charge is 0.329 e. The minimum atomic E-state index is -0.919. The van der Waals surface area contributed by atoms with E-state index in [9.17, 15) is 14.7 Å². The van der Waals surface area contributed by atoms with E-state index >= 15 is 0 Å². The Balaban J connectivity index is 1.61. The van der Waals surface area contributed by atoms with Crippen molar-refractivity contribution in [2.24, 2.45) is 7.05 Å². The maximum Gasteiger partial charge on any atom is 0.329 e. The fourth-order valence-electron chi connectivity index (χ4n) is 3.58. The van der Waals surface area contributed by atoms with Crippen LogP contribution in [0.15, 0.2) is 58.1 Å². The van der Waals surface area contributed by atoms with Gasteiger partial charge in [0.15, 0.2) is 11.2 Å². The SMILES string of the molecule is Cc1ccc(OC[C@@H](O)Cn2c(NCc3ccccc3)nc3c2c(=O)[nH]c(=O)n3C)cc1C. The van der Waals surface area contributed by atoms with Crippen LogP contribution in [0.5, 0.6) is 5.75 Å². The van der Waals surface area contributed by atoms with Crippen LogP contribution in [0.4, 0.5) is 5.95 Å². The number of aromatic nitrogens is 4. The highest BCUT2D eigenvalue weighted by Gasteiger charge is 2.20. The first kappa shape index (κ1) is 22.3. The number of imidazole rings is 1. The molecule has 4 rings (SSSR count). The standard InChI is InChI=1S/C24H27N5O4/c1-15-9-10-19(11-16(15)2)33-14-18(30)13-29-20-21(28(3)24(32)27-22(20)31)26-23(29)25-12-17-7-5-4-6-8-17/h4-11,18,30H,12-14H2,1-3H3,(H,25,26)(H,27,31,32)/t18-/m0/s1. The molecule has 0 amide bonds. The number of fused-ring (bicyclic) bond motifs is 1. The minimum absolute atomic E-state index is 0.0317. The normalized spacial score (nSPS) is 12.1. The summed E-state index contributed by atoms with van der Waals surface area (Å²) < 4.78 is 8.63. The lowest BCUT2D eigenvalue weighted by Crippen LogP contribution is -2.31. The second kappa shape index (κ2) is 9.33. The Labute approximate surface area is 190 Å². The third-order valence-electron chi connectivity index (χ3n) is 5.61. The van der Waals surface area contributed by atoms with Crippen LogP contribution in [-0.4, -0.2) is 36.9 Å². The Bertz CT molecular complexity index is 1390. The van der Waals surface area contributed by atoms with Crippen molar-refractivity contribution in [2.45, 2.75) is 33.0 Å². The average molecular weight is 450 g/mol. The first-order chi connectivity index (χ1) is 15.8. The van der Waals surface area contributed by atoms with Crippen LogP contribution in [0.1, 0.15) is 16.7 Å². The zero-order valence-electron chi connectivity index (χ0n) is 18.8. The lowest BCUT2D eigenvalue weighted by atomic mass is 10.1. The van der Waals surface area contributed by atoms with Crippen molar-refractivity contribution in [1.82, 2.24) is 19.1 Å². The predicted octanol–water partition coefficient (Wildman–Crippen LogP) is 2.09. The number of anilines is 1. The summed E-state index contributed by atoms with van der Waals surface area (Å²) in [5.41, 5.74) is 2.62. The van der Waals surface area contributed by atoms with Gasteiger partial charge in [-0.05, 0) is 42.7 Å². The van der Waals surface area contributed by atoms with E-state index in [0.29, 0.717) is 18.2 Å². The van der Waals surface area contributed by atoms with E-state index in [0.717, 1.165) is 16.7 Å². The van der Waals surface area contributed by atoms with E-state index in [1.807, 2.05) is 62.4 Å². The molecule has 33 heavy (non-hydrogen) atoms. The van der Waals surface area contributed by atoms with E-state index in [4.69, 9.17) is 4.74 Å². The van der Waals surface area contributed by atoms with Crippen molar-refractivity contribution in [2.75, 3.05) is 11.9 Å². The summed E-state index contributed by atoms with van der Waals surface area (Å²) >= 11 is 0. The number of ether oxygens (including phenoxy) is 1. The molecule has 2 heterocycles. The average Bonchev–Trinajstić information content (AvgIpc) is 3.16. The van der Waals surface area contributed by atoms with Gasteiger partial charge in [-0.15, -0.1) is 0 Å². The molecule has 2 aromatic carbocycles. The highest BCUT2D eigenvalue weighted by atomic mass is 16.5. The quantitative estimate of drug-likeness (QED) is 0.380. The molecule has 1 atom stereocenters. The molecule has 0 spiro atoms. The van der Waals surface area contributed by atoms with Crippen molar-refractivity contribution >= 4 is 17.1 Å². The van der Waals surface area contributed by atoms with E-state index < -0.39 is 17.4 Å². The van der Waals surface area contributed by atoms with Crippen LogP contribution in [0.2, 0.25) is 0 Å². The van der Waals surface area contributed by atoms with Gasteiger partial charge >= 0.3 is 5.69 Å². The molecule has 0 bridgehead atoms. The zero-order valence-corrected chi connectivity index (χ0v) is 18.8. The van der Waals surface area contributed by atoms with Crippen LogP contribution in [-0.2, 0) is 20.1 Å². The molecule has 3 N–H and O–H groups in total. The number of nitrogens with zero attached hydrogens (tertiary/aromatic N) is 3. The Hall–Kier alpha value is -3.85. The first-order valence-electron chi connectivity index (χ1n) is 10.7. The van der Waals surface area contributed by atoms with Crippen LogP contribution in [0, 0.1) is 13.8 Å².